The number of pyridine rings is 1. The summed E-state index contributed by atoms with van der Waals surface area (Å²) in [7, 11) is 5.48. The lowest BCUT2D eigenvalue weighted by Crippen LogP contribution is -2.62. The molecule has 1 unspecified atom stereocenters. The molecular weight excluding hydrogens is 904 g/mol. The van der Waals surface area contributed by atoms with Crippen LogP contribution in [-0.2, 0) is 46.4 Å². The Morgan fingerprint density at radius 3 is 2.54 bits per heavy atom. The van der Waals surface area contributed by atoms with E-state index in [9.17, 15) is 19.2 Å². The molecule has 7 rings (SSSR count). The van der Waals surface area contributed by atoms with E-state index < -0.39 is 46.7 Å². The summed E-state index contributed by atoms with van der Waals surface area (Å²) in [6, 6.07) is 8.93. The Labute approximate surface area is 420 Å². The van der Waals surface area contributed by atoms with E-state index in [0.29, 0.717) is 45.4 Å². The van der Waals surface area contributed by atoms with E-state index in [2.05, 4.69) is 83.2 Å². The van der Waals surface area contributed by atoms with E-state index in [-0.39, 0.29) is 69.5 Å². The molecule has 6 bridgehead atoms. The zero-order chi connectivity index (χ0) is 51.4. The van der Waals surface area contributed by atoms with Crippen LogP contribution in [0.1, 0.15) is 110 Å². The zero-order valence-electron chi connectivity index (χ0n) is 44.0. The van der Waals surface area contributed by atoms with Crippen molar-refractivity contribution in [3.63, 3.8) is 0 Å². The third kappa shape index (κ3) is 12.4. The Hall–Kier alpha value is -5.18. The van der Waals surface area contributed by atoms with E-state index in [4.69, 9.17) is 19.2 Å². The highest BCUT2D eigenvalue weighted by molar-refractivity contribution is 5.95. The number of amides is 3. The lowest BCUT2D eigenvalue weighted by molar-refractivity contribution is -0.186. The maximum absolute atomic E-state index is 16.3. The number of hydrogen-bond acceptors (Lipinski definition) is 11. The van der Waals surface area contributed by atoms with Gasteiger partial charge >= 0.3 is 5.97 Å². The van der Waals surface area contributed by atoms with Gasteiger partial charge in [-0.3, -0.25) is 39.0 Å². The summed E-state index contributed by atoms with van der Waals surface area (Å²) in [6.45, 7) is 18.6. The van der Waals surface area contributed by atoms with Gasteiger partial charge in [0.05, 0.1) is 42.2 Å². The number of carbonyl (C=O) groups is 4. The first kappa shape index (κ1) is 53.6. The van der Waals surface area contributed by atoms with Gasteiger partial charge in [0.15, 0.2) is 0 Å². The normalized spacial score (nSPS) is 22.8. The number of benzene rings is 1. The van der Waals surface area contributed by atoms with Crippen molar-refractivity contribution in [3.8, 4) is 23.1 Å². The van der Waals surface area contributed by atoms with Gasteiger partial charge in [0.2, 0.25) is 11.8 Å². The number of hydrazine groups is 1. The number of alkyl halides is 1. The first-order valence-corrected chi connectivity index (χ1v) is 25.6. The van der Waals surface area contributed by atoms with Crippen LogP contribution in [0.2, 0.25) is 0 Å². The molecule has 2 fully saturated rings. The molecule has 0 radical (unpaired) electrons. The summed E-state index contributed by atoms with van der Waals surface area (Å²) in [5.41, 5.74) is 9.49. The van der Waals surface area contributed by atoms with E-state index in [1.54, 1.807) is 13.3 Å². The van der Waals surface area contributed by atoms with Gasteiger partial charge in [0.1, 0.15) is 12.1 Å². The fraction of sp³-hybridized carbons (Fsp3) is 0.618. The number of rotatable bonds is 11. The maximum Gasteiger partial charge on any atom is 0.324 e. The van der Waals surface area contributed by atoms with Gasteiger partial charge in [-0.05, 0) is 120 Å². The number of aromatic nitrogens is 2. The SMILES string of the molecule is CCn1c(-c2cccnc2[C@H](C)OC)c2c3cc(ccc31)C1=CCCN(C1)C[C@H](NC(=O)[C@@H](COC1(F)CCN(C(=O)C#CC(C)(C)N(C)C)CC1)C(C)C)C(=O)N1CCC[C@H](N1)C(=O)OCC(C)(C)C2. The number of esters is 1. The summed E-state index contributed by atoms with van der Waals surface area (Å²) >= 11 is 0. The molecule has 16 heteroatoms. The minimum absolute atomic E-state index is 0.0590. The fourth-order valence-electron chi connectivity index (χ4n) is 9.98. The van der Waals surface area contributed by atoms with Crippen molar-refractivity contribution in [2.75, 3.05) is 73.7 Å². The first-order valence-electron chi connectivity index (χ1n) is 25.6. The summed E-state index contributed by atoms with van der Waals surface area (Å²) in [6.07, 6.45) is 6.07. The monoisotopic (exact) mass is 981 g/mol. The largest absolute Gasteiger partial charge is 0.464 e. The fourth-order valence-corrected chi connectivity index (χ4v) is 9.98. The van der Waals surface area contributed by atoms with Crippen molar-refractivity contribution in [2.45, 2.75) is 130 Å². The number of fused-ring (bicyclic) bond motifs is 6. The standard InChI is InChI=1S/C55H77FN8O7/c1-12-63-46-20-19-38-30-41(46)42(49(63)40-17-13-25-57-48(40)37(4)69-11)31-53(5,6)35-70-52(68)44-18-15-27-64(59-44)51(67)45(33-61-26-14-16-39(38)32-61)58-50(66)43(36(2)3)34-71-55(56)23-28-62(29-24-55)47(65)21-22-54(7,8)60(9)10/h13,16-17,19-20,25,30,36-37,43-45,59H,12,14-15,18,23-24,26-29,31-35H2,1-11H3,(H,58,66)/t37-,43-,44-,45-/m0/s1. The molecule has 1 aromatic carbocycles. The van der Waals surface area contributed by atoms with E-state index in [0.717, 1.165) is 51.0 Å². The quantitative estimate of drug-likeness (QED) is 0.159. The summed E-state index contributed by atoms with van der Waals surface area (Å²) in [4.78, 5) is 66.6. The summed E-state index contributed by atoms with van der Waals surface area (Å²) in [5.74, 6) is 1.04. The number of likely N-dealkylation sites (tertiary alicyclic amines) is 1. The molecule has 15 nitrogen and oxygen atoms in total. The molecule has 71 heavy (non-hydrogen) atoms. The average molecular weight is 981 g/mol. The molecule has 2 aromatic heterocycles. The number of halogens is 1. The van der Waals surface area contributed by atoms with E-state index in [1.165, 1.54) is 9.91 Å². The van der Waals surface area contributed by atoms with Crippen LogP contribution in [0.25, 0.3) is 27.7 Å². The summed E-state index contributed by atoms with van der Waals surface area (Å²) in [5, 5.41) is 5.65. The Bertz CT molecular complexity index is 2530. The molecule has 3 amide bonds. The van der Waals surface area contributed by atoms with Crippen LogP contribution >= 0.6 is 0 Å². The number of methoxy groups -OCH3 is 1. The Balaban J connectivity index is 1.16. The van der Waals surface area contributed by atoms with Gasteiger partial charge < -0.3 is 29.0 Å². The van der Waals surface area contributed by atoms with Crippen LogP contribution in [0.5, 0.6) is 0 Å². The molecule has 3 aromatic rings. The van der Waals surface area contributed by atoms with Gasteiger partial charge in [0.25, 0.3) is 11.8 Å². The summed E-state index contributed by atoms with van der Waals surface area (Å²) < 4.78 is 36.6. The molecule has 4 aliphatic rings. The van der Waals surface area contributed by atoms with Gasteiger partial charge in [0, 0.05) is 93.8 Å². The van der Waals surface area contributed by atoms with Crippen molar-refractivity contribution < 1.29 is 37.8 Å². The Morgan fingerprint density at radius 2 is 1.85 bits per heavy atom. The molecule has 0 aliphatic carbocycles. The van der Waals surface area contributed by atoms with Gasteiger partial charge in [-0.2, -0.15) is 0 Å². The van der Waals surface area contributed by atoms with Crippen LogP contribution in [0.4, 0.5) is 4.39 Å². The third-order valence-electron chi connectivity index (χ3n) is 15.0. The van der Waals surface area contributed by atoms with Crippen molar-refractivity contribution in [3.05, 3.63) is 59.4 Å². The average Bonchev–Trinajstić information content (AvgIpc) is 3.65. The number of piperidine rings is 1. The highest BCUT2D eigenvalue weighted by atomic mass is 19.2. The number of nitrogens with one attached hydrogen (secondary N) is 2. The molecule has 5 atom stereocenters. The molecule has 0 spiro atoms. The molecule has 6 heterocycles. The number of hydrogen-bond donors (Lipinski definition) is 2. The van der Waals surface area contributed by atoms with Gasteiger partial charge in [-0.25, -0.2) is 9.82 Å². The highest BCUT2D eigenvalue weighted by Crippen LogP contribution is 2.42. The smallest absolute Gasteiger partial charge is 0.324 e. The van der Waals surface area contributed by atoms with Crippen LogP contribution < -0.4 is 10.7 Å². The maximum atomic E-state index is 16.3. The lowest BCUT2D eigenvalue weighted by Gasteiger charge is -2.38. The number of carbonyl (C=O) groups excluding carboxylic acids is 4. The molecule has 2 saturated heterocycles. The molecule has 4 aliphatic heterocycles. The second-order valence-corrected chi connectivity index (χ2v) is 21.7. The Kier molecular flexibility index (Phi) is 16.8. The van der Waals surface area contributed by atoms with Crippen molar-refractivity contribution >= 4 is 40.2 Å². The van der Waals surface area contributed by atoms with Crippen LogP contribution in [0.15, 0.2) is 42.6 Å². The minimum atomic E-state index is -2.04. The molecule has 0 saturated carbocycles. The number of aryl methyl sites for hydroxylation is 1. The second-order valence-electron chi connectivity index (χ2n) is 21.7. The molecular formula is C55H77FN8O7. The highest BCUT2D eigenvalue weighted by Gasteiger charge is 2.41. The van der Waals surface area contributed by atoms with Gasteiger partial charge in [-0.1, -0.05) is 45.8 Å². The first-order chi connectivity index (χ1) is 33.6. The second kappa shape index (κ2) is 22.3. The van der Waals surface area contributed by atoms with Crippen molar-refractivity contribution in [2.24, 2.45) is 17.3 Å². The van der Waals surface area contributed by atoms with Crippen LogP contribution in [0.3, 0.4) is 0 Å². The predicted molar refractivity (Wildman–Crippen MR) is 273 cm³/mol. The Morgan fingerprint density at radius 1 is 1.10 bits per heavy atom. The van der Waals surface area contributed by atoms with E-state index >= 15 is 4.39 Å². The molecule has 386 valence electrons. The number of nitrogens with zero attached hydrogens (tertiary/aromatic N) is 6. The third-order valence-corrected chi connectivity index (χ3v) is 15.0. The number of cyclic esters (lactones) is 1. The zero-order valence-corrected chi connectivity index (χ0v) is 44.0. The van der Waals surface area contributed by atoms with Crippen LogP contribution in [0, 0.1) is 29.1 Å². The van der Waals surface area contributed by atoms with E-state index in [1.807, 2.05) is 59.7 Å². The van der Waals surface area contributed by atoms with Crippen molar-refractivity contribution in [1.82, 2.24) is 40.0 Å². The molecule has 2 N–H and O–H groups in total. The van der Waals surface area contributed by atoms with Crippen molar-refractivity contribution in [1.29, 1.82) is 0 Å². The van der Waals surface area contributed by atoms with Gasteiger partial charge in [-0.15, -0.1) is 0 Å². The predicted octanol–water partition coefficient (Wildman–Crippen LogP) is 6.55. The number of ether oxygens (including phenoxy) is 3. The lowest BCUT2D eigenvalue weighted by atomic mass is 9.84. The minimum Gasteiger partial charge on any atom is -0.464 e. The van der Waals surface area contributed by atoms with Crippen LogP contribution in [-0.4, -0.2) is 150 Å². The topological polar surface area (TPSA) is 151 Å².